The molecule has 0 heterocycles. The van der Waals surface area contributed by atoms with E-state index in [0.29, 0.717) is 6.42 Å². The first-order valence-electron chi connectivity index (χ1n) is 6.08. The van der Waals surface area contributed by atoms with Gasteiger partial charge in [-0.05, 0) is 25.7 Å². The van der Waals surface area contributed by atoms with Crippen LogP contribution in [0.15, 0.2) is 24.3 Å². The van der Waals surface area contributed by atoms with Gasteiger partial charge in [-0.25, -0.2) is 0 Å². The largest absolute Gasteiger partial charge is 0.291 e. The van der Waals surface area contributed by atoms with Crippen molar-refractivity contribution in [1.82, 2.24) is 0 Å². The van der Waals surface area contributed by atoms with Crippen molar-refractivity contribution in [1.29, 1.82) is 0 Å². The molecule has 15 heavy (non-hydrogen) atoms. The van der Waals surface area contributed by atoms with Crippen LogP contribution in [0.1, 0.15) is 58.3 Å². The number of hydrogen-bond acceptors (Lipinski definition) is 1. The van der Waals surface area contributed by atoms with E-state index in [2.05, 4.69) is 31.2 Å². The summed E-state index contributed by atoms with van der Waals surface area (Å²) < 4.78 is 0. The molecule has 0 atom stereocenters. The highest BCUT2D eigenvalue weighted by Crippen LogP contribution is 2.03. The Kier molecular flexibility index (Phi) is 12.4. The molecule has 0 aromatic carbocycles. The van der Waals surface area contributed by atoms with E-state index in [-0.39, 0.29) is 0 Å². The molecule has 0 spiro atoms. The van der Waals surface area contributed by atoms with E-state index in [4.69, 9.17) is 0 Å². The van der Waals surface area contributed by atoms with Gasteiger partial charge in [-0.15, -0.1) is 0 Å². The van der Waals surface area contributed by atoms with Crippen molar-refractivity contribution in [2.45, 2.75) is 58.3 Å². The minimum Gasteiger partial charge on any atom is -0.291 e. The van der Waals surface area contributed by atoms with Crippen molar-refractivity contribution in [2.75, 3.05) is 0 Å². The summed E-state index contributed by atoms with van der Waals surface area (Å²) >= 11 is 0. The number of unbranched alkanes of at least 4 members (excludes halogenated alkanes) is 6. The first-order valence-corrected chi connectivity index (χ1v) is 6.08. The predicted molar refractivity (Wildman–Crippen MR) is 66.6 cm³/mol. The Morgan fingerprint density at radius 2 is 1.60 bits per heavy atom. The van der Waals surface area contributed by atoms with Gasteiger partial charge < -0.3 is 0 Å². The minimum atomic E-state index is 0.561. The van der Waals surface area contributed by atoms with Crippen LogP contribution >= 0.6 is 0 Å². The molecule has 1 nitrogen and oxygen atoms in total. The molecule has 0 fully saturated rings. The molecular weight excluding hydrogens is 184 g/mol. The third kappa shape index (κ3) is 13.2. The monoisotopic (exact) mass is 207 g/mol. The quantitative estimate of drug-likeness (QED) is 0.384. The molecule has 0 aromatic rings. The lowest BCUT2D eigenvalue weighted by Gasteiger charge is -1.93. The maximum absolute atomic E-state index is 9.90. The Bertz CT molecular complexity index is 180. The second-order valence-electron chi connectivity index (χ2n) is 3.74. The summed E-state index contributed by atoms with van der Waals surface area (Å²) in [6, 6.07) is 0. The molecule has 0 saturated heterocycles. The maximum Gasteiger partial charge on any atom is 0.198 e. The lowest BCUT2D eigenvalue weighted by atomic mass is 10.1. The van der Waals surface area contributed by atoms with E-state index in [9.17, 15) is 4.79 Å². The molecule has 0 aliphatic heterocycles. The van der Waals surface area contributed by atoms with Crippen LogP contribution in [0, 0.1) is 0 Å². The molecule has 0 N–H and O–H groups in total. The fourth-order valence-electron chi connectivity index (χ4n) is 1.33. The van der Waals surface area contributed by atoms with Crippen molar-refractivity contribution in [2.24, 2.45) is 0 Å². The van der Waals surface area contributed by atoms with E-state index in [0.717, 1.165) is 12.8 Å². The van der Waals surface area contributed by atoms with Gasteiger partial charge in [0, 0.05) is 6.42 Å². The number of rotatable bonds is 10. The molecule has 0 rings (SSSR count). The van der Waals surface area contributed by atoms with Gasteiger partial charge in [0.2, 0.25) is 0 Å². The van der Waals surface area contributed by atoms with Crippen molar-refractivity contribution < 1.29 is 4.79 Å². The van der Waals surface area contributed by atoms with Crippen LogP contribution in [0.4, 0.5) is 0 Å². The second kappa shape index (κ2) is 13.2. The number of hydrogen-bond donors (Lipinski definition) is 0. The zero-order chi connectivity index (χ0) is 11.2. The van der Waals surface area contributed by atoms with E-state index >= 15 is 0 Å². The first-order chi connectivity index (χ1) is 7.41. The van der Waals surface area contributed by atoms with E-state index < -0.39 is 0 Å². The molecule has 0 saturated carbocycles. The molecule has 0 aromatic heterocycles. The standard InChI is InChI=1S/C14H23O/c1-2-3-4-5-6-7-8-9-10-11-12-13-14-15/h7-10H,2-6,11-13H2,1H3. The van der Waals surface area contributed by atoms with Crippen LogP contribution in [-0.4, -0.2) is 6.29 Å². The summed E-state index contributed by atoms with van der Waals surface area (Å²) in [5.74, 6) is 0. The van der Waals surface area contributed by atoms with Crippen molar-refractivity contribution in [3.8, 4) is 0 Å². The summed E-state index contributed by atoms with van der Waals surface area (Å²) in [5, 5.41) is 0. The molecule has 0 aliphatic rings. The molecule has 1 heteroatoms. The molecule has 85 valence electrons. The van der Waals surface area contributed by atoms with Gasteiger partial charge in [0.05, 0.1) is 0 Å². The number of carbonyl (C=O) groups excluding carboxylic acids is 1. The molecule has 0 amide bonds. The van der Waals surface area contributed by atoms with Crippen LogP contribution in [0.3, 0.4) is 0 Å². The third-order valence-electron chi connectivity index (χ3n) is 2.26. The smallest absolute Gasteiger partial charge is 0.198 e. The van der Waals surface area contributed by atoms with Crippen LogP contribution < -0.4 is 0 Å². The highest BCUT2D eigenvalue weighted by Gasteiger charge is 1.83. The van der Waals surface area contributed by atoms with Gasteiger partial charge in [-0.1, -0.05) is 50.5 Å². The Hall–Kier alpha value is -0.850. The molecule has 0 bridgehead atoms. The highest BCUT2D eigenvalue weighted by molar-refractivity contribution is 5.50. The van der Waals surface area contributed by atoms with Gasteiger partial charge in [0.1, 0.15) is 0 Å². The summed E-state index contributed by atoms with van der Waals surface area (Å²) in [6.45, 7) is 2.23. The minimum absolute atomic E-state index is 0.561. The van der Waals surface area contributed by atoms with E-state index in [1.54, 1.807) is 0 Å². The van der Waals surface area contributed by atoms with Crippen molar-refractivity contribution >= 4 is 6.29 Å². The normalized spacial score (nSPS) is 11.5. The van der Waals surface area contributed by atoms with E-state index in [1.807, 2.05) is 6.29 Å². The van der Waals surface area contributed by atoms with Crippen LogP contribution in [-0.2, 0) is 4.79 Å². The average molecular weight is 207 g/mol. The SMILES string of the molecule is CCCCCCC=CC=CCCC[C]=O. The van der Waals surface area contributed by atoms with Gasteiger partial charge in [-0.3, -0.25) is 4.79 Å². The Labute approximate surface area is 94.3 Å². The van der Waals surface area contributed by atoms with Crippen molar-refractivity contribution in [3.63, 3.8) is 0 Å². The molecule has 0 unspecified atom stereocenters. The van der Waals surface area contributed by atoms with Gasteiger partial charge in [0.25, 0.3) is 0 Å². The Balaban J connectivity index is 3.18. The fourth-order valence-corrected chi connectivity index (χ4v) is 1.33. The van der Waals surface area contributed by atoms with Crippen molar-refractivity contribution in [3.05, 3.63) is 24.3 Å². The topological polar surface area (TPSA) is 17.1 Å². The summed E-state index contributed by atoms with van der Waals surface area (Å²) in [5.41, 5.74) is 0. The maximum atomic E-state index is 9.90. The van der Waals surface area contributed by atoms with Gasteiger partial charge in [-0.2, -0.15) is 0 Å². The predicted octanol–water partition coefficient (Wildman–Crippen LogP) is 4.35. The third-order valence-corrected chi connectivity index (χ3v) is 2.26. The van der Waals surface area contributed by atoms with Crippen LogP contribution in [0.2, 0.25) is 0 Å². The summed E-state index contributed by atoms with van der Waals surface area (Å²) in [4.78, 5) is 9.90. The summed E-state index contributed by atoms with van der Waals surface area (Å²) in [6.07, 6.45) is 19.4. The van der Waals surface area contributed by atoms with Crippen LogP contribution in [0.5, 0.6) is 0 Å². The number of allylic oxidation sites excluding steroid dienone is 4. The zero-order valence-electron chi connectivity index (χ0n) is 9.87. The summed E-state index contributed by atoms with van der Waals surface area (Å²) in [7, 11) is 0. The molecule has 1 radical (unpaired) electrons. The Morgan fingerprint density at radius 3 is 2.20 bits per heavy atom. The van der Waals surface area contributed by atoms with E-state index in [1.165, 1.54) is 32.1 Å². The lowest BCUT2D eigenvalue weighted by molar-refractivity contribution is 0.549. The second-order valence-corrected chi connectivity index (χ2v) is 3.74. The van der Waals surface area contributed by atoms with Crippen LogP contribution in [0.25, 0.3) is 0 Å². The average Bonchev–Trinajstić information content (AvgIpc) is 2.26. The highest BCUT2D eigenvalue weighted by atomic mass is 16.1. The molecule has 0 aliphatic carbocycles. The first kappa shape index (κ1) is 14.2. The lowest BCUT2D eigenvalue weighted by Crippen LogP contribution is -1.74. The fraction of sp³-hybridized carbons (Fsp3) is 0.643. The zero-order valence-corrected chi connectivity index (χ0v) is 9.87. The van der Waals surface area contributed by atoms with Gasteiger partial charge in [0.15, 0.2) is 6.29 Å². The van der Waals surface area contributed by atoms with Gasteiger partial charge >= 0.3 is 0 Å². The molecular formula is C14H23O. The Morgan fingerprint density at radius 1 is 0.933 bits per heavy atom.